The van der Waals surface area contributed by atoms with Gasteiger partial charge in [0.05, 0.1) is 10.9 Å². The summed E-state index contributed by atoms with van der Waals surface area (Å²) < 4.78 is 40.1. The molecule has 6 nitrogen and oxygen atoms in total. The number of nitrogens with one attached hydrogen (secondary N) is 1. The molecular weight excluding hydrogens is 285 g/mol. The zero-order chi connectivity index (χ0) is 15.7. The van der Waals surface area contributed by atoms with Crippen LogP contribution in [0.3, 0.4) is 0 Å². The molecule has 0 saturated carbocycles. The molecule has 0 spiro atoms. The predicted molar refractivity (Wildman–Crippen MR) is 74.0 cm³/mol. The van der Waals surface area contributed by atoms with Gasteiger partial charge in [-0.05, 0) is 26.0 Å². The highest BCUT2D eigenvalue weighted by Gasteiger charge is 2.25. The minimum atomic E-state index is -4.03. The van der Waals surface area contributed by atoms with E-state index in [1.54, 1.807) is 0 Å². The normalized spacial score (nSPS) is 13.1. The SMILES string of the molecule is Cc1c(F)cc(N)cc1S(=O)(=O)NC(C)C(=O)N(C)C. The highest BCUT2D eigenvalue weighted by atomic mass is 32.2. The zero-order valence-corrected chi connectivity index (χ0v) is 12.6. The van der Waals surface area contributed by atoms with Crippen LogP contribution in [0.1, 0.15) is 12.5 Å². The van der Waals surface area contributed by atoms with Crippen molar-refractivity contribution in [2.75, 3.05) is 19.8 Å². The average molecular weight is 303 g/mol. The fourth-order valence-electron chi connectivity index (χ4n) is 1.69. The fourth-order valence-corrected chi connectivity index (χ4v) is 3.17. The van der Waals surface area contributed by atoms with E-state index in [-0.39, 0.29) is 16.1 Å². The Balaban J connectivity index is 3.16. The largest absolute Gasteiger partial charge is 0.399 e. The van der Waals surface area contributed by atoms with Crippen molar-refractivity contribution >= 4 is 21.6 Å². The van der Waals surface area contributed by atoms with E-state index in [0.29, 0.717) is 0 Å². The molecule has 0 aromatic heterocycles. The van der Waals surface area contributed by atoms with Crippen LogP contribution in [0.15, 0.2) is 17.0 Å². The minimum Gasteiger partial charge on any atom is -0.399 e. The third-order valence-corrected chi connectivity index (χ3v) is 4.42. The second kappa shape index (κ2) is 5.76. The van der Waals surface area contributed by atoms with E-state index in [4.69, 9.17) is 5.73 Å². The molecule has 0 heterocycles. The first kappa shape index (κ1) is 16.4. The fraction of sp³-hybridized carbons (Fsp3) is 0.417. The Morgan fingerprint density at radius 3 is 2.45 bits per heavy atom. The maximum atomic E-state index is 13.5. The Kier molecular flexibility index (Phi) is 4.72. The standard InChI is InChI=1S/C12H18FN3O3S/c1-7-10(13)5-9(14)6-11(7)20(18,19)15-8(2)12(17)16(3)4/h5-6,8,15H,14H2,1-4H3. The Bertz CT molecular complexity index is 629. The first-order chi connectivity index (χ1) is 9.06. The summed E-state index contributed by atoms with van der Waals surface area (Å²) in [5.41, 5.74) is 5.41. The Hall–Kier alpha value is -1.67. The summed E-state index contributed by atoms with van der Waals surface area (Å²) in [5.74, 6) is -1.12. The number of sulfonamides is 1. The zero-order valence-electron chi connectivity index (χ0n) is 11.8. The van der Waals surface area contributed by atoms with Gasteiger partial charge in [0.2, 0.25) is 15.9 Å². The quantitative estimate of drug-likeness (QED) is 0.791. The lowest BCUT2D eigenvalue weighted by Gasteiger charge is -2.19. The number of likely N-dealkylation sites (N-methyl/N-ethyl adjacent to an activating group) is 1. The summed E-state index contributed by atoms with van der Waals surface area (Å²) in [5, 5.41) is 0. The van der Waals surface area contributed by atoms with Gasteiger partial charge in [0.15, 0.2) is 0 Å². The van der Waals surface area contributed by atoms with E-state index in [0.717, 1.165) is 12.1 Å². The number of nitrogens with two attached hydrogens (primary N) is 1. The monoisotopic (exact) mass is 303 g/mol. The first-order valence-corrected chi connectivity index (χ1v) is 7.33. The number of halogens is 1. The van der Waals surface area contributed by atoms with Gasteiger partial charge in [-0.25, -0.2) is 12.8 Å². The van der Waals surface area contributed by atoms with E-state index in [1.165, 1.54) is 32.8 Å². The third kappa shape index (κ3) is 3.45. The van der Waals surface area contributed by atoms with Crippen molar-refractivity contribution in [3.05, 3.63) is 23.5 Å². The number of amides is 1. The number of benzene rings is 1. The van der Waals surface area contributed by atoms with E-state index < -0.39 is 27.8 Å². The number of anilines is 1. The van der Waals surface area contributed by atoms with Gasteiger partial charge in [-0.2, -0.15) is 4.72 Å². The molecule has 0 aliphatic heterocycles. The van der Waals surface area contributed by atoms with Crippen molar-refractivity contribution in [3.63, 3.8) is 0 Å². The van der Waals surface area contributed by atoms with Crippen molar-refractivity contribution in [2.24, 2.45) is 0 Å². The van der Waals surface area contributed by atoms with Crippen LogP contribution < -0.4 is 10.5 Å². The molecule has 3 N–H and O–H groups in total. The first-order valence-electron chi connectivity index (χ1n) is 5.85. The average Bonchev–Trinajstić information content (AvgIpc) is 2.31. The Morgan fingerprint density at radius 2 is 1.95 bits per heavy atom. The molecule has 1 aromatic rings. The Labute approximate surface area is 117 Å². The van der Waals surface area contributed by atoms with Gasteiger partial charge in [0.25, 0.3) is 0 Å². The van der Waals surface area contributed by atoms with E-state index >= 15 is 0 Å². The van der Waals surface area contributed by atoms with Crippen LogP contribution in [0.4, 0.5) is 10.1 Å². The van der Waals surface area contributed by atoms with E-state index in [1.807, 2.05) is 0 Å². The maximum Gasteiger partial charge on any atom is 0.241 e. The van der Waals surface area contributed by atoms with Crippen molar-refractivity contribution in [1.29, 1.82) is 0 Å². The lowest BCUT2D eigenvalue weighted by atomic mass is 10.2. The summed E-state index contributed by atoms with van der Waals surface area (Å²) in [6.07, 6.45) is 0. The molecule has 1 rings (SSSR count). The lowest BCUT2D eigenvalue weighted by molar-refractivity contribution is -0.130. The predicted octanol–water partition coefficient (Wildman–Crippen LogP) is 0.471. The highest BCUT2D eigenvalue weighted by Crippen LogP contribution is 2.21. The van der Waals surface area contributed by atoms with Crippen molar-refractivity contribution in [3.8, 4) is 0 Å². The molecular formula is C12H18FN3O3S. The number of rotatable bonds is 4. The molecule has 1 amide bonds. The minimum absolute atomic E-state index is 0.0000594. The van der Waals surface area contributed by atoms with Crippen LogP contribution in [0, 0.1) is 12.7 Å². The number of carbonyl (C=O) groups excluding carboxylic acids is 1. The molecule has 0 fully saturated rings. The molecule has 0 bridgehead atoms. The maximum absolute atomic E-state index is 13.5. The molecule has 20 heavy (non-hydrogen) atoms. The van der Waals surface area contributed by atoms with E-state index in [2.05, 4.69) is 4.72 Å². The van der Waals surface area contributed by atoms with Crippen molar-refractivity contribution in [2.45, 2.75) is 24.8 Å². The van der Waals surface area contributed by atoms with E-state index in [9.17, 15) is 17.6 Å². The molecule has 1 unspecified atom stereocenters. The topological polar surface area (TPSA) is 92.5 Å². The molecule has 0 aliphatic rings. The molecule has 1 atom stereocenters. The lowest BCUT2D eigenvalue weighted by Crippen LogP contribution is -2.44. The summed E-state index contributed by atoms with van der Waals surface area (Å²) in [7, 11) is -1.01. The molecule has 0 aliphatic carbocycles. The number of hydrogen-bond acceptors (Lipinski definition) is 4. The van der Waals surface area contributed by atoms with Gasteiger partial charge < -0.3 is 10.6 Å². The van der Waals surface area contributed by atoms with Crippen LogP contribution in [0.2, 0.25) is 0 Å². The van der Waals surface area contributed by atoms with Crippen LogP contribution in [0.25, 0.3) is 0 Å². The summed E-state index contributed by atoms with van der Waals surface area (Å²) in [6.45, 7) is 2.75. The molecule has 1 aromatic carbocycles. The summed E-state index contributed by atoms with van der Waals surface area (Å²) in [4.78, 5) is 12.7. The van der Waals surface area contributed by atoms with Gasteiger partial charge in [0.1, 0.15) is 5.82 Å². The van der Waals surface area contributed by atoms with Crippen LogP contribution in [-0.4, -0.2) is 39.4 Å². The van der Waals surface area contributed by atoms with Crippen molar-refractivity contribution in [1.82, 2.24) is 9.62 Å². The second-order valence-electron chi connectivity index (χ2n) is 4.70. The van der Waals surface area contributed by atoms with Crippen LogP contribution in [-0.2, 0) is 14.8 Å². The second-order valence-corrected chi connectivity index (χ2v) is 6.38. The number of hydrogen-bond donors (Lipinski definition) is 2. The van der Waals surface area contributed by atoms with Gasteiger partial charge in [-0.15, -0.1) is 0 Å². The van der Waals surface area contributed by atoms with Gasteiger partial charge >= 0.3 is 0 Å². The van der Waals surface area contributed by atoms with Crippen LogP contribution >= 0.6 is 0 Å². The molecule has 8 heteroatoms. The van der Waals surface area contributed by atoms with Crippen molar-refractivity contribution < 1.29 is 17.6 Å². The smallest absolute Gasteiger partial charge is 0.241 e. The number of nitrogens with zero attached hydrogens (tertiary/aromatic N) is 1. The van der Waals surface area contributed by atoms with Gasteiger partial charge in [0, 0.05) is 25.3 Å². The van der Waals surface area contributed by atoms with Crippen LogP contribution in [0.5, 0.6) is 0 Å². The highest BCUT2D eigenvalue weighted by molar-refractivity contribution is 7.89. The third-order valence-electron chi connectivity index (χ3n) is 2.75. The van der Waals surface area contributed by atoms with Gasteiger partial charge in [-0.1, -0.05) is 0 Å². The Morgan fingerprint density at radius 1 is 1.40 bits per heavy atom. The number of nitrogen functional groups attached to an aromatic ring is 1. The van der Waals surface area contributed by atoms with Gasteiger partial charge in [-0.3, -0.25) is 4.79 Å². The summed E-state index contributed by atoms with van der Waals surface area (Å²) in [6, 6.07) is 1.25. The molecule has 112 valence electrons. The molecule has 0 saturated heterocycles. The summed E-state index contributed by atoms with van der Waals surface area (Å²) >= 11 is 0. The molecule has 0 radical (unpaired) electrons. The number of carbonyl (C=O) groups is 1.